The molecular weight excluding hydrogens is 304 g/mol. The van der Waals surface area contributed by atoms with Gasteiger partial charge in [0.25, 0.3) is 5.91 Å². The van der Waals surface area contributed by atoms with Gasteiger partial charge in [-0.2, -0.15) is 0 Å². The fourth-order valence-corrected chi connectivity index (χ4v) is 2.51. The first-order valence-corrected chi connectivity index (χ1v) is 7.30. The van der Waals surface area contributed by atoms with E-state index in [-0.39, 0.29) is 5.91 Å². The maximum absolute atomic E-state index is 12.6. The number of nitrogens with one attached hydrogen (secondary N) is 1. The van der Waals surface area contributed by atoms with Crippen molar-refractivity contribution in [2.75, 3.05) is 5.32 Å². The predicted octanol–water partition coefficient (Wildman–Crippen LogP) is 2.46. The Bertz CT molecular complexity index is 1010. The molecule has 116 valence electrons. The van der Waals surface area contributed by atoms with E-state index in [0.717, 1.165) is 16.6 Å². The van der Waals surface area contributed by atoms with E-state index in [9.17, 15) is 4.79 Å². The van der Waals surface area contributed by atoms with Gasteiger partial charge in [-0.25, -0.2) is 4.68 Å². The highest BCUT2D eigenvalue weighted by Gasteiger charge is 2.11. The van der Waals surface area contributed by atoms with Crippen molar-refractivity contribution in [2.45, 2.75) is 0 Å². The molecule has 4 aromatic rings. The minimum Gasteiger partial charge on any atom is -0.322 e. The lowest BCUT2D eigenvalue weighted by Crippen LogP contribution is -2.12. The Morgan fingerprint density at radius 3 is 2.83 bits per heavy atom. The van der Waals surface area contributed by atoms with E-state index in [1.807, 2.05) is 42.5 Å². The molecule has 0 saturated carbocycles. The summed E-state index contributed by atoms with van der Waals surface area (Å²) in [5, 5.41) is 14.8. The van der Waals surface area contributed by atoms with Gasteiger partial charge >= 0.3 is 0 Å². The molecule has 0 aliphatic carbocycles. The van der Waals surface area contributed by atoms with Crippen molar-refractivity contribution < 1.29 is 4.79 Å². The van der Waals surface area contributed by atoms with Crippen molar-refractivity contribution in [3.05, 3.63) is 72.7 Å². The Hall–Kier alpha value is -3.61. The minimum absolute atomic E-state index is 0.192. The summed E-state index contributed by atoms with van der Waals surface area (Å²) in [7, 11) is 0. The smallest absolute Gasteiger partial charge is 0.256 e. The lowest BCUT2D eigenvalue weighted by molar-refractivity contribution is 0.102. The summed E-state index contributed by atoms with van der Waals surface area (Å²) in [5.41, 5.74) is 2.78. The van der Waals surface area contributed by atoms with Gasteiger partial charge in [-0.05, 0) is 46.8 Å². The number of carbonyl (C=O) groups is 1. The van der Waals surface area contributed by atoms with E-state index < -0.39 is 0 Å². The first-order chi connectivity index (χ1) is 11.8. The molecule has 0 radical (unpaired) electrons. The van der Waals surface area contributed by atoms with Gasteiger partial charge in [-0.3, -0.25) is 9.78 Å². The van der Waals surface area contributed by atoms with Crippen LogP contribution in [0.15, 0.2) is 67.1 Å². The number of pyridine rings is 1. The molecule has 0 aliphatic heterocycles. The zero-order valence-corrected chi connectivity index (χ0v) is 12.5. The second kappa shape index (κ2) is 5.88. The van der Waals surface area contributed by atoms with Crippen molar-refractivity contribution >= 4 is 22.5 Å². The van der Waals surface area contributed by atoms with E-state index in [4.69, 9.17) is 0 Å². The van der Waals surface area contributed by atoms with Crippen molar-refractivity contribution in [2.24, 2.45) is 0 Å². The Labute approximate surface area is 137 Å². The Balaban J connectivity index is 1.66. The molecule has 24 heavy (non-hydrogen) atoms. The summed E-state index contributed by atoms with van der Waals surface area (Å²) < 4.78 is 1.53. The van der Waals surface area contributed by atoms with Crippen LogP contribution in [0.25, 0.3) is 16.6 Å². The molecule has 7 nitrogen and oxygen atoms in total. The third-order valence-corrected chi connectivity index (χ3v) is 3.61. The summed E-state index contributed by atoms with van der Waals surface area (Å²) in [6.07, 6.45) is 3.21. The maximum Gasteiger partial charge on any atom is 0.256 e. The van der Waals surface area contributed by atoms with Crippen LogP contribution in [0.4, 0.5) is 5.69 Å². The van der Waals surface area contributed by atoms with Crippen LogP contribution in [-0.4, -0.2) is 31.1 Å². The van der Waals surface area contributed by atoms with E-state index in [0.29, 0.717) is 11.3 Å². The summed E-state index contributed by atoms with van der Waals surface area (Å²) >= 11 is 0. The van der Waals surface area contributed by atoms with Gasteiger partial charge in [0, 0.05) is 22.8 Å². The lowest BCUT2D eigenvalue weighted by atomic mass is 10.1. The number of fused-ring (bicyclic) bond motifs is 1. The summed E-state index contributed by atoms with van der Waals surface area (Å²) in [5.74, 6) is -0.192. The van der Waals surface area contributed by atoms with E-state index >= 15 is 0 Å². The number of hydrogen-bond acceptors (Lipinski definition) is 5. The third-order valence-electron chi connectivity index (χ3n) is 3.61. The number of hydrogen-bond donors (Lipinski definition) is 1. The van der Waals surface area contributed by atoms with Crippen molar-refractivity contribution in [3.63, 3.8) is 0 Å². The summed E-state index contributed by atoms with van der Waals surface area (Å²) in [4.78, 5) is 16.9. The predicted molar refractivity (Wildman–Crippen MR) is 88.9 cm³/mol. The quantitative estimate of drug-likeness (QED) is 0.627. The first kappa shape index (κ1) is 14.0. The first-order valence-electron chi connectivity index (χ1n) is 7.30. The number of rotatable bonds is 3. The van der Waals surface area contributed by atoms with Crippen molar-refractivity contribution in [1.82, 2.24) is 25.2 Å². The fourth-order valence-electron chi connectivity index (χ4n) is 2.51. The van der Waals surface area contributed by atoms with Crippen LogP contribution in [0.5, 0.6) is 0 Å². The average molecular weight is 316 g/mol. The monoisotopic (exact) mass is 316 g/mol. The average Bonchev–Trinajstić information content (AvgIpc) is 3.16. The van der Waals surface area contributed by atoms with E-state index in [1.165, 1.54) is 11.0 Å². The summed E-state index contributed by atoms with van der Waals surface area (Å²) in [6.45, 7) is 0. The molecule has 0 spiro atoms. The largest absolute Gasteiger partial charge is 0.322 e. The highest BCUT2D eigenvalue weighted by molar-refractivity contribution is 6.12. The van der Waals surface area contributed by atoms with Gasteiger partial charge in [-0.1, -0.05) is 18.2 Å². The second-order valence-corrected chi connectivity index (χ2v) is 5.13. The van der Waals surface area contributed by atoms with Crippen LogP contribution in [-0.2, 0) is 0 Å². The van der Waals surface area contributed by atoms with Gasteiger partial charge in [0.15, 0.2) is 0 Å². The molecule has 2 heterocycles. The molecule has 7 heteroatoms. The van der Waals surface area contributed by atoms with E-state index in [1.54, 1.807) is 18.3 Å². The zero-order valence-electron chi connectivity index (χ0n) is 12.5. The molecule has 2 aromatic carbocycles. The van der Waals surface area contributed by atoms with Crippen LogP contribution in [0.1, 0.15) is 10.4 Å². The Morgan fingerprint density at radius 2 is 1.96 bits per heavy atom. The van der Waals surface area contributed by atoms with Crippen LogP contribution < -0.4 is 5.32 Å². The zero-order chi connectivity index (χ0) is 16.4. The molecule has 1 amide bonds. The molecule has 4 rings (SSSR count). The van der Waals surface area contributed by atoms with Crippen molar-refractivity contribution in [3.8, 4) is 5.69 Å². The summed E-state index contributed by atoms with van der Waals surface area (Å²) in [6, 6.07) is 16.5. The fraction of sp³-hybridized carbons (Fsp3) is 0. The molecule has 1 N–H and O–H groups in total. The topological polar surface area (TPSA) is 85.6 Å². The molecule has 0 saturated heterocycles. The molecule has 0 bridgehead atoms. The molecule has 0 atom stereocenters. The SMILES string of the molecule is O=C(Nc1cccc(-n2cnnn2)c1)c1cccc2ncccc12. The highest BCUT2D eigenvalue weighted by Crippen LogP contribution is 2.19. The number of carbonyl (C=O) groups excluding carboxylic acids is 1. The van der Waals surface area contributed by atoms with Gasteiger partial charge in [-0.15, -0.1) is 5.10 Å². The normalized spacial score (nSPS) is 10.7. The van der Waals surface area contributed by atoms with Crippen LogP contribution in [0, 0.1) is 0 Å². The van der Waals surface area contributed by atoms with Gasteiger partial charge in [0.1, 0.15) is 6.33 Å². The standard InChI is InChI=1S/C17H12N6O/c24-17(15-6-2-8-16-14(15)7-3-9-18-16)20-12-4-1-5-13(10-12)23-11-19-21-22-23/h1-11H,(H,20,24). The number of amides is 1. The van der Waals surface area contributed by atoms with Crippen LogP contribution in [0.2, 0.25) is 0 Å². The molecular formula is C17H12N6O. The number of nitrogens with zero attached hydrogens (tertiary/aromatic N) is 5. The number of aromatic nitrogens is 5. The van der Waals surface area contributed by atoms with E-state index in [2.05, 4.69) is 25.8 Å². The maximum atomic E-state index is 12.6. The Kier molecular flexibility index (Phi) is 3.43. The third kappa shape index (κ3) is 2.58. The van der Waals surface area contributed by atoms with Gasteiger partial charge < -0.3 is 5.32 Å². The molecule has 0 fully saturated rings. The van der Waals surface area contributed by atoms with Gasteiger partial charge in [0.2, 0.25) is 0 Å². The molecule has 2 aromatic heterocycles. The van der Waals surface area contributed by atoms with Crippen LogP contribution >= 0.6 is 0 Å². The molecule has 0 aliphatic rings. The van der Waals surface area contributed by atoms with Gasteiger partial charge in [0.05, 0.1) is 11.2 Å². The minimum atomic E-state index is -0.192. The highest BCUT2D eigenvalue weighted by atomic mass is 16.1. The number of tetrazole rings is 1. The van der Waals surface area contributed by atoms with Crippen LogP contribution in [0.3, 0.4) is 0 Å². The molecule has 0 unspecified atom stereocenters. The number of anilines is 1. The Morgan fingerprint density at radius 1 is 1.04 bits per heavy atom. The lowest BCUT2D eigenvalue weighted by Gasteiger charge is -2.09. The second-order valence-electron chi connectivity index (χ2n) is 5.13. The number of benzene rings is 2. The van der Waals surface area contributed by atoms with Crippen molar-refractivity contribution in [1.29, 1.82) is 0 Å².